The van der Waals surface area contributed by atoms with Gasteiger partial charge in [-0.15, -0.1) is 0 Å². The molecule has 5 nitrogen and oxygen atoms in total. The van der Waals surface area contributed by atoms with Gasteiger partial charge in [0.1, 0.15) is 22.9 Å². The van der Waals surface area contributed by atoms with Gasteiger partial charge in [0.2, 0.25) is 0 Å². The van der Waals surface area contributed by atoms with Crippen LogP contribution < -0.4 is 15.4 Å². The van der Waals surface area contributed by atoms with Gasteiger partial charge in [0.05, 0.1) is 7.11 Å². The Morgan fingerprint density at radius 2 is 1.57 bits per heavy atom. The van der Waals surface area contributed by atoms with E-state index in [-0.39, 0.29) is 0 Å². The second-order valence-electron chi connectivity index (χ2n) is 5.79. The molecule has 3 aromatic rings. The maximum absolute atomic E-state index is 13.7. The third-order valence-corrected chi connectivity index (χ3v) is 3.96. The first-order valence-electron chi connectivity index (χ1n) is 8.29. The summed E-state index contributed by atoms with van der Waals surface area (Å²) >= 11 is 0. The summed E-state index contributed by atoms with van der Waals surface area (Å²) in [5.41, 5.74) is 1.15. The summed E-state index contributed by atoms with van der Waals surface area (Å²) in [6.45, 7) is 0. The second-order valence-corrected chi connectivity index (χ2v) is 5.79. The van der Waals surface area contributed by atoms with Crippen LogP contribution in [0, 0.1) is 11.6 Å². The number of nitrogens with one attached hydrogen (secondary N) is 2. The molecule has 0 unspecified atom stereocenters. The van der Waals surface area contributed by atoms with Gasteiger partial charge < -0.3 is 10.1 Å². The number of hydrogen-bond donors (Lipinski definition) is 2. The number of anilines is 1. The van der Waals surface area contributed by atoms with E-state index in [1.54, 1.807) is 18.2 Å². The summed E-state index contributed by atoms with van der Waals surface area (Å²) in [6.07, 6.45) is 0. The van der Waals surface area contributed by atoms with Crippen molar-refractivity contribution in [2.75, 3.05) is 12.4 Å². The Kier molecular flexibility index (Phi) is 5.64. The van der Waals surface area contributed by atoms with Crippen molar-refractivity contribution >= 4 is 17.6 Å². The molecule has 0 aliphatic carbocycles. The van der Waals surface area contributed by atoms with Gasteiger partial charge in [-0.25, -0.2) is 13.6 Å². The van der Waals surface area contributed by atoms with E-state index in [0.29, 0.717) is 11.4 Å². The molecule has 0 saturated heterocycles. The normalized spacial score (nSPS) is 10.2. The quantitative estimate of drug-likeness (QED) is 0.693. The number of urea groups is 1. The molecule has 0 radical (unpaired) electrons. The summed E-state index contributed by atoms with van der Waals surface area (Å²) in [6, 6.07) is 16.4. The van der Waals surface area contributed by atoms with Crippen LogP contribution in [0.1, 0.15) is 10.4 Å². The monoisotopic (exact) mass is 382 g/mol. The first-order chi connectivity index (χ1) is 13.5. The smallest absolute Gasteiger partial charge is 0.326 e. The van der Waals surface area contributed by atoms with Crippen LogP contribution in [0.15, 0.2) is 66.7 Å². The molecule has 3 amide bonds. The van der Waals surface area contributed by atoms with Gasteiger partial charge in [0, 0.05) is 11.3 Å². The summed E-state index contributed by atoms with van der Waals surface area (Å²) < 4.78 is 32.7. The van der Waals surface area contributed by atoms with Crippen LogP contribution >= 0.6 is 0 Å². The SMILES string of the molecule is COc1ccc(NC(=O)NC(=O)c2c(F)cccc2F)cc1-c1ccccc1. The van der Waals surface area contributed by atoms with Crippen molar-refractivity contribution in [3.8, 4) is 16.9 Å². The summed E-state index contributed by atoms with van der Waals surface area (Å²) in [5.74, 6) is -2.69. The van der Waals surface area contributed by atoms with Crippen LogP contribution in [0.3, 0.4) is 0 Å². The lowest BCUT2D eigenvalue weighted by Gasteiger charge is -2.12. The number of hydrogen-bond acceptors (Lipinski definition) is 3. The van der Waals surface area contributed by atoms with Gasteiger partial charge >= 0.3 is 6.03 Å². The topological polar surface area (TPSA) is 67.4 Å². The zero-order valence-electron chi connectivity index (χ0n) is 14.8. The molecule has 0 atom stereocenters. The fraction of sp³-hybridized carbons (Fsp3) is 0.0476. The number of halogens is 2. The van der Waals surface area contributed by atoms with Crippen LogP contribution in [-0.4, -0.2) is 19.0 Å². The third-order valence-electron chi connectivity index (χ3n) is 3.96. The standard InChI is InChI=1S/C21H16F2N2O3/c1-28-18-11-10-14(12-15(18)13-6-3-2-4-7-13)24-21(27)25-20(26)19-16(22)8-5-9-17(19)23/h2-12H,1H3,(H2,24,25,26,27). The summed E-state index contributed by atoms with van der Waals surface area (Å²) in [4.78, 5) is 24.1. The number of benzene rings is 3. The number of imide groups is 1. The van der Waals surface area contributed by atoms with Crippen LogP contribution in [0.5, 0.6) is 5.75 Å². The van der Waals surface area contributed by atoms with E-state index in [4.69, 9.17) is 4.74 Å². The van der Waals surface area contributed by atoms with E-state index in [9.17, 15) is 18.4 Å². The first-order valence-corrected chi connectivity index (χ1v) is 8.29. The van der Waals surface area contributed by atoms with E-state index >= 15 is 0 Å². The lowest BCUT2D eigenvalue weighted by molar-refractivity contribution is 0.0959. The highest BCUT2D eigenvalue weighted by atomic mass is 19.1. The minimum absolute atomic E-state index is 0.374. The molecule has 0 aliphatic heterocycles. The number of methoxy groups -OCH3 is 1. The molecule has 0 heterocycles. The van der Waals surface area contributed by atoms with Crippen molar-refractivity contribution in [2.45, 2.75) is 0 Å². The first kappa shape index (κ1) is 19.0. The maximum Gasteiger partial charge on any atom is 0.326 e. The zero-order valence-corrected chi connectivity index (χ0v) is 14.8. The number of carbonyl (C=O) groups is 2. The molecule has 0 aliphatic rings. The van der Waals surface area contributed by atoms with Gasteiger partial charge in [-0.3, -0.25) is 10.1 Å². The highest BCUT2D eigenvalue weighted by molar-refractivity contribution is 6.08. The average molecular weight is 382 g/mol. The number of rotatable bonds is 4. The molecule has 28 heavy (non-hydrogen) atoms. The fourth-order valence-electron chi connectivity index (χ4n) is 2.67. The Bertz CT molecular complexity index is 1000. The van der Waals surface area contributed by atoms with Crippen molar-refractivity contribution in [3.05, 3.63) is 83.9 Å². The van der Waals surface area contributed by atoms with Crippen molar-refractivity contribution in [2.24, 2.45) is 0 Å². The largest absolute Gasteiger partial charge is 0.496 e. The molecular formula is C21H16F2N2O3. The Labute approximate surface area is 160 Å². The van der Waals surface area contributed by atoms with Crippen LogP contribution in [0.25, 0.3) is 11.1 Å². The lowest BCUT2D eigenvalue weighted by atomic mass is 10.0. The lowest BCUT2D eigenvalue weighted by Crippen LogP contribution is -2.35. The molecule has 2 N–H and O–H groups in total. The molecule has 0 saturated carbocycles. The molecule has 0 spiro atoms. The minimum Gasteiger partial charge on any atom is -0.496 e. The van der Waals surface area contributed by atoms with Gasteiger partial charge in [0.25, 0.3) is 5.91 Å². The molecule has 3 aromatic carbocycles. The maximum atomic E-state index is 13.7. The fourth-order valence-corrected chi connectivity index (χ4v) is 2.67. The van der Waals surface area contributed by atoms with Crippen molar-refractivity contribution in [1.82, 2.24) is 5.32 Å². The van der Waals surface area contributed by atoms with Gasteiger partial charge in [-0.1, -0.05) is 36.4 Å². The summed E-state index contributed by atoms with van der Waals surface area (Å²) in [5, 5.41) is 4.39. The van der Waals surface area contributed by atoms with E-state index in [0.717, 1.165) is 29.3 Å². The summed E-state index contributed by atoms with van der Waals surface area (Å²) in [7, 11) is 1.53. The molecular weight excluding hydrogens is 366 g/mol. The predicted molar refractivity (Wildman–Crippen MR) is 101 cm³/mol. The highest BCUT2D eigenvalue weighted by Crippen LogP contribution is 2.32. The van der Waals surface area contributed by atoms with E-state index in [1.165, 1.54) is 7.11 Å². The van der Waals surface area contributed by atoms with Crippen LogP contribution in [-0.2, 0) is 0 Å². The van der Waals surface area contributed by atoms with Gasteiger partial charge in [-0.05, 0) is 35.9 Å². The molecule has 3 rings (SSSR count). The van der Waals surface area contributed by atoms with Gasteiger partial charge in [-0.2, -0.15) is 0 Å². The Balaban J connectivity index is 1.78. The van der Waals surface area contributed by atoms with E-state index in [1.807, 2.05) is 35.6 Å². The molecule has 0 aromatic heterocycles. The van der Waals surface area contributed by atoms with Gasteiger partial charge in [0.15, 0.2) is 0 Å². The van der Waals surface area contributed by atoms with E-state index in [2.05, 4.69) is 5.32 Å². The third kappa shape index (κ3) is 4.15. The number of carbonyl (C=O) groups excluding carboxylic acids is 2. The van der Waals surface area contributed by atoms with E-state index < -0.39 is 29.1 Å². The molecule has 142 valence electrons. The van der Waals surface area contributed by atoms with Crippen molar-refractivity contribution in [1.29, 1.82) is 0 Å². The predicted octanol–water partition coefficient (Wildman–Crippen LogP) is 4.60. The van der Waals surface area contributed by atoms with Crippen LogP contribution in [0.4, 0.5) is 19.3 Å². The number of ether oxygens (including phenoxy) is 1. The van der Waals surface area contributed by atoms with Crippen LogP contribution in [0.2, 0.25) is 0 Å². The average Bonchev–Trinajstić information content (AvgIpc) is 2.68. The molecule has 7 heteroatoms. The molecule has 0 bridgehead atoms. The Morgan fingerprint density at radius 1 is 0.893 bits per heavy atom. The minimum atomic E-state index is -1.18. The molecule has 0 fully saturated rings. The zero-order chi connectivity index (χ0) is 20.1. The Hall–Kier alpha value is -3.74. The highest BCUT2D eigenvalue weighted by Gasteiger charge is 2.19. The Morgan fingerprint density at radius 3 is 2.21 bits per heavy atom. The van der Waals surface area contributed by atoms with Crippen molar-refractivity contribution in [3.63, 3.8) is 0 Å². The number of amides is 3. The second kappa shape index (κ2) is 8.30. The van der Waals surface area contributed by atoms with Crippen molar-refractivity contribution < 1.29 is 23.1 Å².